The molecule has 1 aromatic heterocycles. The summed E-state index contributed by atoms with van der Waals surface area (Å²) in [6, 6.07) is 3.97. The molecule has 0 saturated heterocycles. The maximum Gasteiger partial charge on any atom is 0.151 e. The van der Waals surface area contributed by atoms with Crippen LogP contribution in [0.5, 0.6) is 0 Å². The molecular formula is C14H12BrNO. The highest BCUT2D eigenvalue weighted by atomic mass is 79.9. The van der Waals surface area contributed by atoms with Gasteiger partial charge in [0.05, 0.1) is 5.52 Å². The molecule has 86 valence electrons. The van der Waals surface area contributed by atoms with E-state index in [0.717, 1.165) is 20.9 Å². The first kappa shape index (κ1) is 11.9. The lowest BCUT2D eigenvalue weighted by Crippen LogP contribution is -1.92. The first-order valence-electron chi connectivity index (χ1n) is 5.24. The van der Waals surface area contributed by atoms with Gasteiger partial charge in [-0.25, -0.2) is 4.79 Å². The summed E-state index contributed by atoms with van der Waals surface area (Å²) < 4.78 is 2.89. The molecule has 0 radical (unpaired) electrons. The molecule has 17 heavy (non-hydrogen) atoms. The minimum Gasteiger partial charge on any atom is -0.307 e. The number of aromatic nitrogens is 1. The number of halogens is 1. The van der Waals surface area contributed by atoms with E-state index < -0.39 is 0 Å². The van der Waals surface area contributed by atoms with E-state index in [1.807, 2.05) is 35.8 Å². The van der Waals surface area contributed by atoms with E-state index in [1.165, 1.54) is 11.6 Å². The fourth-order valence-electron chi connectivity index (χ4n) is 2.09. The molecule has 0 aliphatic heterocycles. The van der Waals surface area contributed by atoms with E-state index >= 15 is 0 Å². The van der Waals surface area contributed by atoms with Crippen LogP contribution in [0.25, 0.3) is 16.6 Å². The number of rotatable bonds is 2. The van der Waals surface area contributed by atoms with Gasteiger partial charge in [0.15, 0.2) is 5.94 Å². The van der Waals surface area contributed by atoms with Crippen molar-refractivity contribution in [2.24, 2.45) is 0 Å². The maximum absolute atomic E-state index is 10.9. The Kier molecular flexibility index (Phi) is 3.05. The van der Waals surface area contributed by atoms with Crippen LogP contribution in [0, 0.1) is 13.8 Å². The highest BCUT2D eigenvalue weighted by Crippen LogP contribution is 2.30. The second-order valence-electron chi connectivity index (χ2n) is 3.94. The van der Waals surface area contributed by atoms with Crippen molar-refractivity contribution in [1.29, 1.82) is 0 Å². The normalized spacial score (nSPS) is 10.3. The van der Waals surface area contributed by atoms with Gasteiger partial charge in [0.25, 0.3) is 0 Å². The van der Waals surface area contributed by atoms with Crippen molar-refractivity contribution in [3.05, 3.63) is 46.6 Å². The van der Waals surface area contributed by atoms with Crippen molar-refractivity contribution in [3.8, 4) is 0 Å². The molecule has 2 nitrogen and oxygen atoms in total. The Morgan fingerprint density at radius 3 is 2.76 bits per heavy atom. The van der Waals surface area contributed by atoms with Gasteiger partial charge < -0.3 is 4.57 Å². The first-order valence-corrected chi connectivity index (χ1v) is 6.04. The third-order valence-corrected chi connectivity index (χ3v) is 3.77. The second-order valence-corrected chi connectivity index (χ2v) is 4.79. The Labute approximate surface area is 108 Å². The minimum absolute atomic E-state index is 0.435. The summed E-state index contributed by atoms with van der Waals surface area (Å²) in [5.41, 5.74) is 3.74. The van der Waals surface area contributed by atoms with Crippen LogP contribution < -0.4 is 0 Å². The van der Waals surface area contributed by atoms with Gasteiger partial charge in [-0.15, -0.1) is 0 Å². The van der Waals surface area contributed by atoms with Crippen molar-refractivity contribution in [2.45, 2.75) is 13.8 Å². The molecular weight excluding hydrogens is 278 g/mol. The largest absolute Gasteiger partial charge is 0.307 e. The Morgan fingerprint density at radius 1 is 1.47 bits per heavy atom. The summed E-state index contributed by atoms with van der Waals surface area (Å²) in [6.07, 6.45) is 3.45. The van der Waals surface area contributed by atoms with Gasteiger partial charge in [-0.05, 0) is 43.2 Å². The summed E-state index contributed by atoms with van der Waals surface area (Å²) >= 11 is 3.52. The number of aryl methyl sites for hydroxylation is 2. The Balaban J connectivity index is 2.91. The monoisotopic (exact) mass is 289 g/mol. The van der Waals surface area contributed by atoms with E-state index in [1.54, 1.807) is 0 Å². The topological polar surface area (TPSA) is 22.0 Å². The van der Waals surface area contributed by atoms with Crippen molar-refractivity contribution >= 4 is 38.5 Å². The number of fused-ring (bicyclic) bond motifs is 1. The number of hydrogen-bond donors (Lipinski definition) is 0. The van der Waals surface area contributed by atoms with Crippen LogP contribution in [0.2, 0.25) is 0 Å². The van der Waals surface area contributed by atoms with E-state index in [4.69, 9.17) is 0 Å². The molecule has 3 heteroatoms. The smallest absolute Gasteiger partial charge is 0.151 e. The summed E-state index contributed by atoms with van der Waals surface area (Å²) in [4.78, 5) is 10.9. The van der Waals surface area contributed by atoms with E-state index in [0.29, 0.717) is 5.70 Å². The lowest BCUT2D eigenvalue weighted by Gasteiger charge is -2.04. The maximum atomic E-state index is 10.9. The molecule has 0 amide bonds. The predicted molar refractivity (Wildman–Crippen MR) is 74.7 cm³/mol. The standard InChI is InChI=1S/C14H12BrNO/c1-4-11(8-17)16-7-9(2)14-10(3)12(15)5-6-13(14)16/h4-7H,1H2,2-3H3. The molecule has 1 heterocycles. The average molecular weight is 290 g/mol. The quantitative estimate of drug-likeness (QED) is 0.607. The summed E-state index contributed by atoms with van der Waals surface area (Å²) in [7, 11) is 0. The van der Waals surface area contributed by atoms with Crippen LogP contribution in [-0.2, 0) is 4.79 Å². The fraction of sp³-hybridized carbons (Fsp3) is 0.143. The van der Waals surface area contributed by atoms with Gasteiger partial charge in [0.1, 0.15) is 5.70 Å². The van der Waals surface area contributed by atoms with Gasteiger partial charge in [-0.3, -0.25) is 0 Å². The molecule has 1 aromatic carbocycles. The summed E-state index contributed by atoms with van der Waals surface area (Å²) in [5.74, 6) is 1.91. The minimum atomic E-state index is 0.435. The Morgan fingerprint density at radius 2 is 2.18 bits per heavy atom. The average Bonchev–Trinajstić information content (AvgIpc) is 2.64. The molecule has 2 rings (SSSR count). The Hall–Kier alpha value is -1.57. The molecule has 0 aliphatic rings. The van der Waals surface area contributed by atoms with Gasteiger partial charge in [0, 0.05) is 16.1 Å². The SMILES string of the molecule is C=CC(=C=O)n1cc(C)c2c(C)c(Br)ccc21. The molecule has 2 aromatic rings. The third-order valence-electron chi connectivity index (χ3n) is 2.91. The molecule has 0 unspecified atom stereocenters. The Bertz CT molecular complexity index is 660. The van der Waals surface area contributed by atoms with Crippen LogP contribution >= 0.6 is 15.9 Å². The molecule has 0 atom stereocenters. The molecule has 0 bridgehead atoms. The number of benzene rings is 1. The van der Waals surface area contributed by atoms with Crippen molar-refractivity contribution in [3.63, 3.8) is 0 Å². The van der Waals surface area contributed by atoms with Gasteiger partial charge in [-0.2, -0.15) is 0 Å². The van der Waals surface area contributed by atoms with Gasteiger partial charge in [-0.1, -0.05) is 22.5 Å². The van der Waals surface area contributed by atoms with Crippen LogP contribution in [0.1, 0.15) is 11.1 Å². The zero-order chi connectivity index (χ0) is 12.6. The first-order chi connectivity index (χ1) is 8.10. The van der Waals surface area contributed by atoms with Crippen LogP contribution in [0.3, 0.4) is 0 Å². The third kappa shape index (κ3) is 1.78. The van der Waals surface area contributed by atoms with Gasteiger partial charge >= 0.3 is 0 Å². The number of nitrogens with zero attached hydrogens (tertiary/aromatic N) is 1. The number of carbonyl (C=O) groups excluding carboxylic acids is 1. The molecule has 0 saturated carbocycles. The van der Waals surface area contributed by atoms with Crippen molar-refractivity contribution in [2.75, 3.05) is 0 Å². The molecule has 0 N–H and O–H groups in total. The van der Waals surface area contributed by atoms with E-state index in [-0.39, 0.29) is 0 Å². The van der Waals surface area contributed by atoms with E-state index in [2.05, 4.69) is 29.4 Å². The zero-order valence-corrected chi connectivity index (χ0v) is 11.3. The lowest BCUT2D eigenvalue weighted by atomic mass is 10.1. The highest BCUT2D eigenvalue weighted by Gasteiger charge is 2.11. The van der Waals surface area contributed by atoms with Crippen LogP contribution in [0.4, 0.5) is 0 Å². The second kappa shape index (κ2) is 4.36. The summed E-state index contributed by atoms with van der Waals surface area (Å²) in [6.45, 7) is 7.72. The summed E-state index contributed by atoms with van der Waals surface area (Å²) in [5, 5.41) is 1.16. The zero-order valence-electron chi connectivity index (χ0n) is 9.75. The lowest BCUT2D eigenvalue weighted by molar-refractivity contribution is 0.569. The molecule has 0 spiro atoms. The van der Waals surface area contributed by atoms with Gasteiger partial charge in [0.2, 0.25) is 0 Å². The number of hydrogen-bond acceptors (Lipinski definition) is 1. The molecule has 0 aliphatic carbocycles. The predicted octanol–water partition coefficient (Wildman–Crippen LogP) is 3.88. The van der Waals surface area contributed by atoms with E-state index in [9.17, 15) is 4.79 Å². The molecule has 0 fully saturated rings. The number of allylic oxidation sites excluding steroid dienone is 2. The fourth-order valence-corrected chi connectivity index (χ4v) is 2.42. The van der Waals surface area contributed by atoms with Crippen LogP contribution in [0.15, 0.2) is 35.5 Å². The highest BCUT2D eigenvalue weighted by molar-refractivity contribution is 9.10. The van der Waals surface area contributed by atoms with Crippen molar-refractivity contribution < 1.29 is 4.79 Å². The van der Waals surface area contributed by atoms with Crippen LogP contribution in [-0.4, -0.2) is 10.5 Å². The van der Waals surface area contributed by atoms with Crippen molar-refractivity contribution in [1.82, 2.24) is 4.57 Å².